The van der Waals surface area contributed by atoms with Crippen LogP contribution in [0.5, 0.6) is 5.88 Å². The maximum Gasteiger partial charge on any atom is 0.418 e. The van der Waals surface area contributed by atoms with Crippen molar-refractivity contribution in [1.82, 2.24) is 14.9 Å². The second-order valence-electron chi connectivity index (χ2n) is 7.26. The third kappa shape index (κ3) is 4.86. The van der Waals surface area contributed by atoms with E-state index in [2.05, 4.69) is 15.3 Å². The van der Waals surface area contributed by atoms with Gasteiger partial charge >= 0.3 is 6.18 Å². The molecule has 7 nitrogen and oxygen atoms in total. The Labute approximate surface area is 154 Å². The number of nitrogens with one attached hydrogen (secondary N) is 1. The van der Waals surface area contributed by atoms with Crippen LogP contribution in [0.1, 0.15) is 32.6 Å². The van der Waals surface area contributed by atoms with Gasteiger partial charge in [0.25, 0.3) is 0 Å². The summed E-state index contributed by atoms with van der Waals surface area (Å²) in [4.78, 5) is 21.8. The van der Waals surface area contributed by atoms with Gasteiger partial charge in [0.1, 0.15) is 0 Å². The molecular weight excluding hydrogens is 365 g/mol. The average molecular weight is 388 g/mol. The predicted octanol–water partition coefficient (Wildman–Crippen LogP) is 1.98. The number of rotatable bonds is 6. The largest absolute Gasteiger partial charge is 0.476 e. The Bertz CT molecular complexity index is 666. The van der Waals surface area contributed by atoms with E-state index in [0.717, 1.165) is 12.8 Å². The van der Waals surface area contributed by atoms with Crippen molar-refractivity contribution in [2.45, 2.75) is 50.4 Å². The quantitative estimate of drug-likeness (QED) is 0.775. The number of β-amino-alcohol motifs (C(OH)–C–C–N with tert-alkyl or cyclic N) is 1. The van der Waals surface area contributed by atoms with E-state index >= 15 is 0 Å². The fraction of sp³-hybridized carbons (Fsp3) is 0.706. The number of halogens is 3. The van der Waals surface area contributed by atoms with E-state index in [-0.39, 0.29) is 18.7 Å². The first-order valence-electron chi connectivity index (χ1n) is 8.97. The topological polar surface area (TPSA) is 87.6 Å². The Hall–Kier alpha value is -1.94. The third-order valence-electron chi connectivity index (χ3n) is 5.00. The van der Waals surface area contributed by atoms with Crippen LogP contribution in [-0.4, -0.2) is 63.4 Å². The van der Waals surface area contributed by atoms with E-state index in [1.165, 1.54) is 24.2 Å². The van der Waals surface area contributed by atoms with E-state index in [1.807, 2.05) is 0 Å². The van der Waals surface area contributed by atoms with Crippen LogP contribution in [0.25, 0.3) is 0 Å². The number of piperidine rings is 1. The van der Waals surface area contributed by atoms with Gasteiger partial charge in [0, 0.05) is 6.54 Å². The van der Waals surface area contributed by atoms with Crippen molar-refractivity contribution in [3.05, 3.63) is 12.4 Å². The molecule has 0 bridgehead atoms. The number of likely N-dealkylation sites (tertiary alicyclic amines) is 1. The zero-order chi connectivity index (χ0) is 19.7. The van der Waals surface area contributed by atoms with E-state index < -0.39 is 30.3 Å². The molecule has 27 heavy (non-hydrogen) atoms. The molecule has 2 atom stereocenters. The number of alkyl halides is 3. The Balaban J connectivity index is 1.55. The van der Waals surface area contributed by atoms with Crippen molar-refractivity contribution >= 4 is 11.7 Å². The highest BCUT2D eigenvalue weighted by Crippen LogP contribution is 2.37. The van der Waals surface area contributed by atoms with Gasteiger partial charge in [0.05, 0.1) is 25.0 Å². The molecule has 0 spiro atoms. The Morgan fingerprint density at radius 2 is 2.19 bits per heavy atom. The molecular formula is C17H23F3N4O3. The summed E-state index contributed by atoms with van der Waals surface area (Å²) in [5.41, 5.74) is -2.79. The van der Waals surface area contributed by atoms with Gasteiger partial charge in [0.15, 0.2) is 11.4 Å². The molecule has 2 N–H and O–H groups in total. The Kier molecular flexibility index (Phi) is 5.57. The second kappa shape index (κ2) is 7.59. The molecule has 1 aliphatic carbocycles. The van der Waals surface area contributed by atoms with Crippen LogP contribution < -0.4 is 10.1 Å². The monoisotopic (exact) mass is 388 g/mol. The van der Waals surface area contributed by atoms with Crippen LogP contribution in [0.15, 0.2) is 12.4 Å². The van der Waals surface area contributed by atoms with Gasteiger partial charge in [-0.1, -0.05) is 0 Å². The number of hydrogen-bond donors (Lipinski definition) is 2. The van der Waals surface area contributed by atoms with Gasteiger partial charge in [-0.25, -0.2) is 9.97 Å². The van der Waals surface area contributed by atoms with Gasteiger partial charge in [-0.05, 0) is 45.1 Å². The van der Waals surface area contributed by atoms with Gasteiger partial charge in [-0.3, -0.25) is 9.69 Å². The average Bonchev–Trinajstić information content (AvgIpc) is 3.44. The van der Waals surface area contributed by atoms with Crippen molar-refractivity contribution < 1.29 is 27.8 Å². The van der Waals surface area contributed by atoms with Crippen LogP contribution >= 0.6 is 0 Å². The van der Waals surface area contributed by atoms with E-state index in [0.29, 0.717) is 24.9 Å². The minimum atomic E-state index is -4.73. The van der Waals surface area contributed by atoms with Crippen LogP contribution in [-0.2, 0) is 4.79 Å². The fourth-order valence-electron chi connectivity index (χ4n) is 2.97. The zero-order valence-electron chi connectivity index (χ0n) is 15.0. The maximum atomic E-state index is 13.1. The molecule has 1 saturated carbocycles. The van der Waals surface area contributed by atoms with E-state index in [4.69, 9.17) is 4.74 Å². The van der Waals surface area contributed by atoms with Crippen LogP contribution in [0.3, 0.4) is 0 Å². The lowest BCUT2D eigenvalue weighted by molar-refractivity contribution is -0.275. The number of hydrogen-bond acceptors (Lipinski definition) is 6. The highest BCUT2D eigenvalue weighted by molar-refractivity contribution is 5.93. The normalized spacial score (nSPS) is 25.1. The Morgan fingerprint density at radius 1 is 1.44 bits per heavy atom. The fourth-order valence-corrected chi connectivity index (χ4v) is 2.97. The number of carbonyl (C=O) groups excluding carboxylic acids is 1. The first kappa shape index (κ1) is 19.8. The summed E-state index contributed by atoms with van der Waals surface area (Å²) in [6.45, 7) is 1.75. The van der Waals surface area contributed by atoms with Crippen LogP contribution in [0, 0.1) is 5.92 Å². The van der Waals surface area contributed by atoms with Crippen molar-refractivity contribution in [2.24, 2.45) is 5.92 Å². The van der Waals surface area contributed by atoms with Crippen LogP contribution in [0.4, 0.5) is 19.0 Å². The molecule has 1 aromatic rings. The molecule has 10 heteroatoms. The maximum absolute atomic E-state index is 13.1. The number of ether oxygens (including phenoxy) is 1. The van der Waals surface area contributed by atoms with Crippen molar-refractivity contribution in [3.63, 3.8) is 0 Å². The number of nitrogens with zero attached hydrogens (tertiary/aromatic N) is 3. The van der Waals surface area contributed by atoms with Crippen molar-refractivity contribution in [3.8, 4) is 5.88 Å². The van der Waals surface area contributed by atoms with Crippen LogP contribution in [0.2, 0.25) is 0 Å². The summed E-state index contributed by atoms with van der Waals surface area (Å²) in [5, 5.41) is 12.4. The molecule has 1 aliphatic heterocycles. The summed E-state index contributed by atoms with van der Waals surface area (Å²) in [5.74, 6) is 0.613. The first-order chi connectivity index (χ1) is 12.7. The predicted molar refractivity (Wildman–Crippen MR) is 90.2 cm³/mol. The van der Waals surface area contributed by atoms with Gasteiger partial charge in [-0.15, -0.1) is 0 Å². The summed E-state index contributed by atoms with van der Waals surface area (Å²) >= 11 is 0. The van der Waals surface area contributed by atoms with Gasteiger partial charge < -0.3 is 15.2 Å². The third-order valence-corrected chi connectivity index (χ3v) is 5.00. The lowest BCUT2D eigenvalue weighted by Gasteiger charge is -2.42. The molecule has 2 heterocycles. The van der Waals surface area contributed by atoms with E-state index in [9.17, 15) is 23.1 Å². The summed E-state index contributed by atoms with van der Waals surface area (Å²) in [7, 11) is 0. The summed E-state index contributed by atoms with van der Waals surface area (Å²) < 4.78 is 44.6. The van der Waals surface area contributed by atoms with E-state index in [1.54, 1.807) is 0 Å². The smallest absolute Gasteiger partial charge is 0.418 e. The molecule has 1 aromatic heterocycles. The molecule has 0 radical (unpaired) electrons. The zero-order valence-corrected chi connectivity index (χ0v) is 15.0. The number of aromatic nitrogens is 2. The standard InChI is InChI=1S/C17H23F3N4O3/c1-11(24-6-2-5-16(26,10-24)17(18,19)20)15(25)23-13-7-22-14(8-21-13)27-9-12-3-4-12/h7-8,11-12,26H,2-6,9-10H2,1H3,(H,21,23,25)/t11-,16+/m0/s1. The molecule has 0 unspecified atom stereocenters. The highest BCUT2D eigenvalue weighted by Gasteiger charge is 2.55. The first-order valence-corrected chi connectivity index (χ1v) is 8.97. The summed E-state index contributed by atoms with van der Waals surface area (Å²) in [6, 6.07) is -0.855. The molecule has 150 valence electrons. The van der Waals surface area contributed by atoms with Crippen molar-refractivity contribution in [1.29, 1.82) is 0 Å². The summed E-state index contributed by atoms with van der Waals surface area (Å²) in [6.07, 6.45) is 0.0964. The molecule has 1 amide bonds. The lowest BCUT2D eigenvalue weighted by Crippen LogP contribution is -2.60. The highest BCUT2D eigenvalue weighted by atomic mass is 19.4. The molecule has 2 aliphatic rings. The molecule has 1 saturated heterocycles. The number of amides is 1. The Morgan fingerprint density at radius 3 is 2.78 bits per heavy atom. The minimum Gasteiger partial charge on any atom is -0.476 e. The SMILES string of the molecule is C[C@@H](C(=O)Nc1cnc(OCC2CC2)cn1)N1CCC[C@](O)(C(F)(F)F)C1. The molecule has 3 rings (SSSR count). The number of carbonyl (C=O) groups is 1. The lowest BCUT2D eigenvalue weighted by atomic mass is 9.91. The number of aliphatic hydroxyl groups is 1. The second-order valence-corrected chi connectivity index (χ2v) is 7.26. The van der Waals surface area contributed by atoms with Gasteiger partial charge in [-0.2, -0.15) is 13.2 Å². The van der Waals surface area contributed by atoms with Gasteiger partial charge in [0.2, 0.25) is 11.8 Å². The minimum absolute atomic E-state index is 0.153. The number of anilines is 1. The van der Waals surface area contributed by atoms with Crippen molar-refractivity contribution in [2.75, 3.05) is 25.0 Å². The molecule has 0 aromatic carbocycles. The molecule has 2 fully saturated rings.